The van der Waals surface area contributed by atoms with Gasteiger partial charge in [-0.25, -0.2) is 0 Å². The van der Waals surface area contributed by atoms with E-state index in [4.69, 9.17) is 12.2 Å². The molecule has 0 fully saturated rings. The Kier molecular flexibility index (Phi) is 6.26. The zero-order valence-corrected chi connectivity index (χ0v) is 14.5. The Morgan fingerprint density at radius 1 is 1.12 bits per heavy atom. The van der Waals surface area contributed by atoms with Gasteiger partial charge in [-0.2, -0.15) is 0 Å². The molecule has 0 amide bonds. The predicted octanol–water partition coefficient (Wildman–Crippen LogP) is 4.67. The van der Waals surface area contributed by atoms with E-state index in [1.165, 1.54) is 17.7 Å². The number of rotatable bonds is 6. The van der Waals surface area contributed by atoms with Crippen molar-refractivity contribution in [2.75, 3.05) is 5.32 Å². The van der Waals surface area contributed by atoms with E-state index >= 15 is 0 Å². The molecule has 1 atom stereocenters. The minimum Gasteiger partial charge on any atom is -0.356 e. The Labute approximate surface area is 147 Å². The average molecular weight is 343 g/mol. The first-order valence-electron chi connectivity index (χ1n) is 7.82. The summed E-state index contributed by atoms with van der Waals surface area (Å²) >= 11 is 5.39. The lowest BCUT2D eigenvalue weighted by Crippen LogP contribution is -2.33. The van der Waals surface area contributed by atoms with E-state index in [1.807, 2.05) is 18.2 Å². The van der Waals surface area contributed by atoms with E-state index in [0.717, 1.165) is 12.1 Å². The number of nitrogens with zero attached hydrogens (tertiary/aromatic N) is 1. The lowest BCUT2D eigenvalue weighted by atomic mass is 9.97. The fourth-order valence-electron chi connectivity index (χ4n) is 2.43. The van der Waals surface area contributed by atoms with Gasteiger partial charge in [-0.1, -0.05) is 44.2 Å². The highest BCUT2D eigenvalue weighted by molar-refractivity contribution is 7.80. The van der Waals surface area contributed by atoms with Crippen LogP contribution in [0.4, 0.5) is 11.4 Å². The van der Waals surface area contributed by atoms with Gasteiger partial charge >= 0.3 is 0 Å². The fraction of sp³-hybridized carbons (Fsp3) is 0.278. The van der Waals surface area contributed by atoms with Gasteiger partial charge in [-0.15, -0.1) is 0 Å². The molecule has 126 valence electrons. The van der Waals surface area contributed by atoms with Gasteiger partial charge in [-0.3, -0.25) is 10.1 Å². The van der Waals surface area contributed by atoms with Gasteiger partial charge in [-0.05, 0) is 42.3 Å². The van der Waals surface area contributed by atoms with Gasteiger partial charge in [0.25, 0.3) is 5.69 Å². The molecular weight excluding hydrogens is 322 g/mol. The molecule has 0 unspecified atom stereocenters. The van der Waals surface area contributed by atoms with Gasteiger partial charge in [0.2, 0.25) is 0 Å². The summed E-state index contributed by atoms with van der Waals surface area (Å²) in [5.41, 5.74) is 1.95. The van der Waals surface area contributed by atoms with Gasteiger partial charge in [0.1, 0.15) is 0 Å². The van der Waals surface area contributed by atoms with Crippen LogP contribution in [0, 0.1) is 16.0 Å². The van der Waals surface area contributed by atoms with Crippen LogP contribution in [0.2, 0.25) is 0 Å². The normalized spacial score (nSPS) is 11.8. The molecule has 2 N–H and O–H groups in total. The highest BCUT2D eigenvalue weighted by atomic mass is 32.1. The zero-order chi connectivity index (χ0) is 17.5. The van der Waals surface area contributed by atoms with Crippen LogP contribution in [0.15, 0.2) is 54.6 Å². The molecule has 2 aromatic carbocycles. The molecule has 0 aliphatic carbocycles. The van der Waals surface area contributed by atoms with Crippen molar-refractivity contribution < 1.29 is 4.92 Å². The van der Waals surface area contributed by atoms with E-state index in [9.17, 15) is 10.1 Å². The Morgan fingerprint density at radius 3 is 2.29 bits per heavy atom. The molecule has 2 rings (SSSR count). The third-order valence-electron chi connectivity index (χ3n) is 3.55. The molecule has 0 aromatic heterocycles. The molecule has 0 bridgehead atoms. The van der Waals surface area contributed by atoms with Gasteiger partial charge in [0.05, 0.1) is 11.0 Å². The van der Waals surface area contributed by atoms with Crippen LogP contribution in [0.25, 0.3) is 0 Å². The lowest BCUT2D eigenvalue weighted by Gasteiger charge is -2.23. The monoisotopic (exact) mass is 343 g/mol. The van der Waals surface area contributed by atoms with Crippen LogP contribution in [0.3, 0.4) is 0 Å². The second kappa shape index (κ2) is 8.40. The molecular formula is C18H21N3O2S. The summed E-state index contributed by atoms with van der Waals surface area (Å²) in [5.74, 6) is 0.518. The molecule has 0 spiro atoms. The zero-order valence-electron chi connectivity index (χ0n) is 13.7. The minimum absolute atomic E-state index is 0.0568. The van der Waals surface area contributed by atoms with E-state index in [-0.39, 0.29) is 11.7 Å². The highest BCUT2D eigenvalue weighted by Gasteiger charge is 2.14. The summed E-state index contributed by atoms with van der Waals surface area (Å²) in [4.78, 5) is 10.3. The van der Waals surface area contributed by atoms with E-state index in [0.29, 0.717) is 11.0 Å². The van der Waals surface area contributed by atoms with Gasteiger partial charge in [0.15, 0.2) is 5.11 Å². The average Bonchev–Trinajstić information content (AvgIpc) is 2.55. The summed E-state index contributed by atoms with van der Waals surface area (Å²) in [6, 6.07) is 16.5. The van der Waals surface area contributed by atoms with Crippen LogP contribution in [-0.4, -0.2) is 10.0 Å². The van der Waals surface area contributed by atoms with E-state index in [1.54, 1.807) is 12.1 Å². The van der Waals surface area contributed by atoms with Crippen LogP contribution < -0.4 is 10.6 Å². The quantitative estimate of drug-likeness (QED) is 0.453. The maximum atomic E-state index is 10.7. The van der Waals surface area contributed by atoms with E-state index < -0.39 is 4.92 Å². The maximum Gasteiger partial charge on any atom is 0.269 e. The summed E-state index contributed by atoms with van der Waals surface area (Å²) < 4.78 is 0. The molecule has 0 aliphatic heterocycles. The van der Waals surface area contributed by atoms with Crippen molar-refractivity contribution in [2.45, 2.75) is 26.3 Å². The number of benzene rings is 2. The van der Waals surface area contributed by atoms with Crippen molar-refractivity contribution in [3.05, 3.63) is 70.3 Å². The van der Waals surface area contributed by atoms with Crippen molar-refractivity contribution in [1.82, 2.24) is 5.32 Å². The third kappa shape index (κ3) is 5.31. The number of hydrogen-bond acceptors (Lipinski definition) is 3. The van der Waals surface area contributed by atoms with Gasteiger partial charge < -0.3 is 10.6 Å². The third-order valence-corrected chi connectivity index (χ3v) is 3.77. The molecule has 0 saturated heterocycles. The topological polar surface area (TPSA) is 67.2 Å². The molecule has 0 saturated carbocycles. The number of non-ortho nitro benzene ring substituents is 1. The summed E-state index contributed by atoms with van der Waals surface area (Å²) in [7, 11) is 0. The second-order valence-electron chi connectivity index (χ2n) is 6.00. The first-order valence-corrected chi connectivity index (χ1v) is 8.23. The predicted molar refractivity (Wildman–Crippen MR) is 101 cm³/mol. The van der Waals surface area contributed by atoms with Crippen LogP contribution in [-0.2, 0) is 0 Å². The Bertz CT molecular complexity index is 687. The smallest absolute Gasteiger partial charge is 0.269 e. The Morgan fingerprint density at radius 2 is 1.75 bits per heavy atom. The first-order chi connectivity index (χ1) is 11.5. The Hall–Kier alpha value is -2.47. The van der Waals surface area contributed by atoms with E-state index in [2.05, 4.69) is 36.6 Å². The molecule has 0 heterocycles. The minimum atomic E-state index is -0.422. The maximum absolute atomic E-state index is 10.7. The summed E-state index contributed by atoms with van der Waals surface area (Å²) in [6.07, 6.45) is 0.950. The highest BCUT2D eigenvalue weighted by Crippen LogP contribution is 2.21. The molecule has 24 heavy (non-hydrogen) atoms. The number of thiocarbonyl (C=S) groups is 1. The second-order valence-corrected chi connectivity index (χ2v) is 6.40. The van der Waals surface area contributed by atoms with Gasteiger partial charge in [0, 0.05) is 17.8 Å². The van der Waals surface area contributed by atoms with Crippen molar-refractivity contribution in [3.8, 4) is 0 Å². The fourth-order valence-corrected chi connectivity index (χ4v) is 2.69. The molecule has 6 heteroatoms. The van der Waals surface area contributed by atoms with Crippen LogP contribution in [0.1, 0.15) is 31.9 Å². The standard InChI is InChI=1S/C18H21N3O2S/c1-13(2)12-17(14-6-4-3-5-7-14)20-18(24)19-15-8-10-16(11-9-15)21(22)23/h3-11,13,17H,12H2,1-2H3,(H2,19,20,24)/t17-/m1/s1. The summed E-state index contributed by atoms with van der Waals surface area (Å²) in [5, 5.41) is 17.6. The number of nitro benzene ring substituents is 1. The Balaban J connectivity index is 2.03. The van der Waals surface area contributed by atoms with Crippen molar-refractivity contribution in [1.29, 1.82) is 0 Å². The largest absolute Gasteiger partial charge is 0.356 e. The molecule has 0 aliphatic rings. The first kappa shape index (κ1) is 17.9. The van der Waals surface area contributed by atoms with Crippen LogP contribution in [0.5, 0.6) is 0 Å². The number of hydrogen-bond donors (Lipinski definition) is 2. The summed E-state index contributed by atoms with van der Waals surface area (Å²) in [6.45, 7) is 4.34. The number of nitro groups is 1. The van der Waals surface area contributed by atoms with Crippen molar-refractivity contribution in [3.63, 3.8) is 0 Å². The van der Waals surface area contributed by atoms with Crippen LogP contribution >= 0.6 is 12.2 Å². The van der Waals surface area contributed by atoms with Crippen molar-refractivity contribution >= 4 is 28.7 Å². The number of nitrogens with one attached hydrogen (secondary N) is 2. The van der Waals surface area contributed by atoms with Crippen molar-refractivity contribution in [2.24, 2.45) is 5.92 Å². The molecule has 5 nitrogen and oxygen atoms in total. The lowest BCUT2D eigenvalue weighted by molar-refractivity contribution is -0.384. The number of anilines is 1. The SMILES string of the molecule is CC(C)C[C@@H](NC(=S)Nc1ccc([N+](=O)[O-])cc1)c1ccccc1. The molecule has 0 radical (unpaired) electrons. The molecule has 2 aromatic rings.